The molecule has 3 rings (SSSR count). The standard InChI is InChI=1S/C19H22N2O2S/c1-12(2)13-5-7-14(8-6-13)18(16-4-3-11-24-16)21-19(23)15-9-10-17(22)20-15/h3-8,11-12,15,18H,9-10H2,1-2H3,(H,20,22)(H,21,23)/t15-,18-/m1/s1. The van der Waals surface area contributed by atoms with Gasteiger partial charge in [0.25, 0.3) is 0 Å². The Morgan fingerprint density at radius 3 is 2.46 bits per heavy atom. The molecule has 1 aromatic heterocycles. The van der Waals surface area contributed by atoms with E-state index in [0.29, 0.717) is 18.8 Å². The molecule has 0 spiro atoms. The maximum atomic E-state index is 12.5. The van der Waals surface area contributed by atoms with E-state index in [1.165, 1.54) is 5.56 Å². The highest BCUT2D eigenvalue weighted by atomic mass is 32.1. The molecule has 24 heavy (non-hydrogen) atoms. The van der Waals surface area contributed by atoms with E-state index in [-0.39, 0.29) is 17.9 Å². The second kappa shape index (κ2) is 7.18. The Morgan fingerprint density at radius 2 is 1.92 bits per heavy atom. The van der Waals surface area contributed by atoms with Crippen LogP contribution in [0.1, 0.15) is 54.7 Å². The summed E-state index contributed by atoms with van der Waals surface area (Å²) in [5.41, 5.74) is 2.33. The molecule has 1 aliphatic rings. The van der Waals surface area contributed by atoms with Crippen molar-refractivity contribution in [2.75, 3.05) is 0 Å². The van der Waals surface area contributed by atoms with Gasteiger partial charge in [0.2, 0.25) is 11.8 Å². The molecular weight excluding hydrogens is 320 g/mol. The van der Waals surface area contributed by atoms with Crippen LogP contribution in [-0.4, -0.2) is 17.9 Å². The molecule has 1 aromatic carbocycles. The summed E-state index contributed by atoms with van der Waals surface area (Å²) in [6.07, 6.45) is 0.985. The predicted molar refractivity (Wildman–Crippen MR) is 96.0 cm³/mol. The topological polar surface area (TPSA) is 58.2 Å². The van der Waals surface area contributed by atoms with E-state index in [0.717, 1.165) is 10.4 Å². The van der Waals surface area contributed by atoms with Gasteiger partial charge in [-0.25, -0.2) is 0 Å². The molecule has 2 aromatic rings. The fourth-order valence-electron chi connectivity index (χ4n) is 2.90. The van der Waals surface area contributed by atoms with Gasteiger partial charge in [0.15, 0.2) is 0 Å². The van der Waals surface area contributed by atoms with Crippen LogP contribution in [0.2, 0.25) is 0 Å². The molecule has 2 heterocycles. The van der Waals surface area contributed by atoms with Gasteiger partial charge in [0.05, 0.1) is 6.04 Å². The van der Waals surface area contributed by atoms with E-state index < -0.39 is 6.04 Å². The number of carbonyl (C=O) groups is 2. The molecule has 0 bridgehead atoms. The van der Waals surface area contributed by atoms with Gasteiger partial charge < -0.3 is 10.6 Å². The first-order chi connectivity index (χ1) is 11.5. The average Bonchev–Trinajstić information content (AvgIpc) is 3.24. The monoisotopic (exact) mass is 342 g/mol. The van der Waals surface area contributed by atoms with Crippen molar-refractivity contribution in [2.45, 2.75) is 44.7 Å². The Balaban J connectivity index is 1.81. The Kier molecular flexibility index (Phi) is 5.00. The zero-order chi connectivity index (χ0) is 17.1. The summed E-state index contributed by atoms with van der Waals surface area (Å²) in [5, 5.41) is 7.84. The van der Waals surface area contributed by atoms with E-state index in [2.05, 4.69) is 48.7 Å². The van der Waals surface area contributed by atoms with Gasteiger partial charge in [-0.2, -0.15) is 0 Å². The molecule has 0 unspecified atom stereocenters. The maximum Gasteiger partial charge on any atom is 0.243 e. The summed E-state index contributed by atoms with van der Waals surface area (Å²) in [4.78, 5) is 25.0. The highest BCUT2D eigenvalue weighted by Gasteiger charge is 2.29. The molecule has 2 atom stereocenters. The Bertz CT molecular complexity index is 707. The summed E-state index contributed by atoms with van der Waals surface area (Å²) in [6.45, 7) is 4.33. The Morgan fingerprint density at radius 1 is 1.21 bits per heavy atom. The number of hydrogen-bond acceptors (Lipinski definition) is 3. The number of carbonyl (C=O) groups excluding carboxylic acids is 2. The molecule has 0 radical (unpaired) electrons. The zero-order valence-electron chi connectivity index (χ0n) is 13.9. The van der Waals surface area contributed by atoms with Gasteiger partial charge in [-0.1, -0.05) is 44.2 Å². The first-order valence-electron chi connectivity index (χ1n) is 8.27. The maximum absolute atomic E-state index is 12.5. The van der Waals surface area contributed by atoms with Crippen LogP contribution in [0.15, 0.2) is 41.8 Å². The molecule has 2 amide bonds. The second-order valence-corrected chi connectivity index (χ2v) is 7.42. The van der Waals surface area contributed by atoms with Crippen LogP contribution in [0.5, 0.6) is 0 Å². The second-order valence-electron chi connectivity index (χ2n) is 6.44. The van der Waals surface area contributed by atoms with Crippen LogP contribution in [0.3, 0.4) is 0 Å². The van der Waals surface area contributed by atoms with Gasteiger partial charge in [-0.3, -0.25) is 9.59 Å². The van der Waals surface area contributed by atoms with Gasteiger partial charge in [-0.15, -0.1) is 11.3 Å². The van der Waals surface area contributed by atoms with Crippen molar-refractivity contribution in [3.05, 3.63) is 57.8 Å². The largest absolute Gasteiger partial charge is 0.344 e. The van der Waals surface area contributed by atoms with E-state index in [9.17, 15) is 9.59 Å². The molecule has 1 aliphatic heterocycles. The molecule has 5 heteroatoms. The van der Waals surface area contributed by atoms with Crippen molar-refractivity contribution in [1.82, 2.24) is 10.6 Å². The summed E-state index contributed by atoms with van der Waals surface area (Å²) in [5.74, 6) is 0.304. The van der Waals surface area contributed by atoms with Crippen molar-refractivity contribution < 1.29 is 9.59 Å². The normalized spacial score (nSPS) is 18.5. The van der Waals surface area contributed by atoms with Crippen molar-refractivity contribution in [3.63, 3.8) is 0 Å². The number of benzene rings is 1. The Hall–Kier alpha value is -2.14. The van der Waals surface area contributed by atoms with E-state index in [4.69, 9.17) is 0 Å². The first kappa shape index (κ1) is 16.7. The summed E-state index contributed by atoms with van der Waals surface area (Å²) in [7, 11) is 0. The van der Waals surface area contributed by atoms with Crippen LogP contribution in [0.25, 0.3) is 0 Å². The highest BCUT2D eigenvalue weighted by molar-refractivity contribution is 7.10. The molecule has 126 valence electrons. The minimum atomic E-state index is -0.421. The molecule has 0 aliphatic carbocycles. The van der Waals surface area contributed by atoms with Gasteiger partial charge in [0, 0.05) is 11.3 Å². The molecular formula is C19H22N2O2S. The quantitative estimate of drug-likeness (QED) is 0.875. The van der Waals surface area contributed by atoms with Gasteiger partial charge in [-0.05, 0) is 34.9 Å². The van der Waals surface area contributed by atoms with Gasteiger partial charge >= 0.3 is 0 Å². The summed E-state index contributed by atoms with van der Waals surface area (Å²) >= 11 is 1.62. The van der Waals surface area contributed by atoms with Crippen molar-refractivity contribution in [3.8, 4) is 0 Å². The van der Waals surface area contributed by atoms with Crippen LogP contribution in [0.4, 0.5) is 0 Å². The number of nitrogens with one attached hydrogen (secondary N) is 2. The van der Waals surface area contributed by atoms with E-state index in [1.807, 2.05) is 17.5 Å². The molecule has 1 fully saturated rings. The number of amides is 2. The van der Waals surface area contributed by atoms with Gasteiger partial charge in [0.1, 0.15) is 6.04 Å². The van der Waals surface area contributed by atoms with Crippen LogP contribution < -0.4 is 10.6 Å². The van der Waals surface area contributed by atoms with E-state index in [1.54, 1.807) is 11.3 Å². The summed E-state index contributed by atoms with van der Waals surface area (Å²) in [6, 6.07) is 11.8. The average molecular weight is 342 g/mol. The minimum Gasteiger partial charge on any atom is -0.344 e. The van der Waals surface area contributed by atoms with Crippen molar-refractivity contribution in [2.24, 2.45) is 0 Å². The van der Waals surface area contributed by atoms with Crippen LogP contribution in [0, 0.1) is 0 Å². The lowest BCUT2D eigenvalue weighted by Gasteiger charge is -2.21. The number of rotatable bonds is 5. The molecule has 2 N–H and O–H groups in total. The van der Waals surface area contributed by atoms with Crippen molar-refractivity contribution >= 4 is 23.2 Å². The lowest BCUT2D eigenvalue weighted by molar-refractivity contribution is -0.126. The number of hydrogen-bond donors (Lipinski definition) is 2. The van der Waals surface area contributed by atoms with E-state index >= 15 is 0 Å². The fraction of sp³-hybridized carbons (Fsp3) is 0.368. The molecule has 1 saturated heterocycles. The molecule has 4 nitrogen and oxygen atoms in total. The first-order valence-corrected chi connectivity index (χ1v) is 9.15. The zero-order valence-corrected chi connectivity index (χ0v) is 14.7. The third kappa shape index (κ3) is 3.67. The SMILES string of the molecule is CC(C)c1ccc([C@@H](NC(=O)[C@H]2CCC(=O)N2)c2cccs2)cc1. The highest BCUT2D eigenvalue weighted by Crippen LogP contribution is 2.28. The summed E-state index contributed by atoms with van der Waals surface area (Å²) < 4.78 is 0. The number of thiophene rings is 1. The molecule has 0 saturated carbocycles. The minimum absolute atomic E-state index is 0.0518. The van der Waals surface area contributed by atoms with Crippen molar-refractivity contribution in [1.29, 1.82) is 0 Å². The van der Waals surface area contributed by atoms with Crippen LogP contribution in [-0.2, 0) is 9.59 Å². The third-order valence-electron chi connectivity index (χ3n) is 4.36. The third-order valence-corrected chi connectivity index (χ3v) is 5.30. The lowest BCUT2D eigenvalue weighted by atomic mass is 9.98. The van der Waals surface area contributed by atoms with Crippen LogP contribution >= 0.6 is 11.3 Å². The smallest absolute Gasteiger partial charge is 0.243 e. The Labute approximate surface area is 146 Å². The lowest BCUT2D eigenvalue weighted by Crippen LogP contribution is -2.43. The fourth-order valence-corrected chi connectivity index (χ4v) is 3.70. The predicted octanol–water partition coefficient (Wildman–Crippen LogP) is 3.36.